The number of ether oxygens (including phenoxy) is 1. The SMILES string of the molecule is NCC#CCOCc1ccccc1. The van der Waals surface area contributed by atoms with E-state index in [1.807, 2.05) is 30.3 Å². The summed E-state index contributed by atoms with van der Waals surface area (Å²) in [6.45, 7) is 1.46. The highest BCUT2D eigenvalue weighted by molar-refractivity contribution is 5.13. The molecule has 0 unspecified atom stereocenters. The number of rotatable bonds is 3. The van der Waals surface area contributed by atoms with Crippen molar-refractivity contribution < 1.29 is 4.74 Å². The topological polar surface area (TPSA) is 35.2 Å². The average Bonchev–Trinajstić information content (AvgIpc) is 2.19. The van der Waals surface area contributed by atoms with E-state index in [2.05, 4.69) is 11.8 Å². The van der Waals surface area contributed by atoms with Gasteiger partial charge in [0.05, 0.1) is 13.2 Å². The Bertz CT molecular complexity index is 284. The van der Waals surface area contributed by atoms with Crippen molar-refractivity contribution in [3.05, 3.63) is 35.9 Å². The summed E-state index contributed by atoms with van der Waals surface area (Å²) in [6, 6.07) is 10.0. The van der Waals surface area contributed by atoms with Gasteiger partial charge < -0.3 is 10.5 Å². The van der Waals surface area contributed by atoms with Crippen molar-refractivity contribution in [2.75, 3.05) is 13.2 Å². The van der Waals surface area contributed by atoms with Gasteiger partial charge >= 0.3 is 0 Å². The lowest BCUT2D eigenvalue weighted by Gasteiger charge is -1.98. The van der Waals surface area contributed by atoms with Gasteiger partial charge in [-0.15, -0.1) is 0 Å². The van der Waals surface area contributed by atoms with Crippen molar-refractivity contribution in [2.45, 2.75) is 6.61 Å². The Morgan fingerprint density at radius 3 is 2.62 bits per heavy atom. The second kappa shape index (κ2) is 6.24. The molecule has 2 N–H and O–H groups in total. The van der Waals surface area contributed by atoms with E-state index >= 15 is 0 Å². The summed E-state index contributed by atoms with van der Waals surface area (Å²) in [5.41, 5.74) is 6.36. The third kappa shape index (κ3) is 4.32. The van der Waals surface area contributed by atoms with E-state index in [1.54, 1.807) is 0 Å². The number of hydrogen-bond donors (Lipinski definition) is 1. The van der Waals surface area contributed by atoms with Crippen LogP contribution in [0.3, 0.4) is 0 Å². The molecular weight excluding hydrogens is 162 g/mol. The molecule has 0 aliphatic rings. The van der Waals surface area contributed by atoms with Gasteiger partial charge in [-0.3, -0.25) is 0 Å². The minimum atomic E-state index is 0.398. The van der Waals surface area contributed by atoms with Crippen molar-refractivity contribution in [2.24, 2.45) is 5.73 Å². The molecule has 0 radical (unpaired) electrons. The predicted octanol–water partition coefficient (Wildman–Crippen LogP) is 1.17. The van der Waals surface area contributed by atoms with Crippen molar-refractivity contribution in [3.63, 3.8) is 0 Å². The Morgan fingerprint density at radius 1 is 1.15 bits per heavy atom. The molecule has 0 heterocycles. The van der Waals surface area contributed by atoms with Crippen LogP contribution in [0.2, 0.25) is 0 Å². The van der Waals surface area contributed by atoms with Crippen molar-refractivity contribution in [1.29, 1.82) is 0 Å². The molecule has 0 aromatic heterocycles. The first-order valence-corrected chi connectivity index (χ1v) is 4.21. The fourth-order valence-corrected chi connectivity index (χ4v) is 0.917. The molecular formula is C11H13NO. The van der Waals surface area contributed by atoms with Crippen molar-refractivity contribution >= 4 is 0 Å². The normalized spacial score (nSPS) is 9.00. The standard InChI is InChI=1S/C11H13NO/c12-8-4-5-9-13-10-11-6-2-1-3-7-11/h1-3,6-7H,8-10,12H2. The van der Waals surface area contributed by atoms with Gasteiger partial charge in [0.15, 0.2) is 0 Å². The van der Waals surface area contributed by atoms with E-state index in [0.717, 1.165) is 5.56 Å². The highest BCUT2D eigenvalue weighted by Crippen LogP contribution is 1.99. The van der Waals surface area contributed by atoms with Gasteiger partial charge in [0.2, 0.25) is 0 Å². The summed E-state index contributed by atoms with van der Waals surface area (Å²) < 4.78 is 5.29. The lowest BCUT2D eigenvalue weighted by atomic mass is 10.2. The van der Waals surface area contributed by atoms with Gasteiger partial charge in [-0.05, 0) is 5.56 Å². The first kappa shape index (κ1) is 9.79. The van der Waals surface area contributed by atoms with Gasteiger partial charge in [-0.2, -0.15) is 0 Å². The summed E-state index contributed by atoms with van der Waals surface area (Å²) in [5.74, 6) is 5.55. The first-order valence-electron chi connectivity index (χ1n) is 4.21. The molecule has 0 aliphatic carbocycles. The molecule has 68 valence electrons. The molecule has 0 fully saturated rings. The maximum atomic E-state index is 5.29. The smallest absolute Gasteiger partial charge is 0.108 e. The second-order valence-corrected chi connectivity index (χ2v) is 2.54. The third-order valence-electron chi connectivity index (χ3n) is 1.51. The molecule has 0 atom stereocenters. The Kier molecular flexibility index (Phi) is 4.70. The van der Waals surface area contributed by atoms with Gasteiger partial charge in [-0.1, -0.05) is 42.2 Å². The highest BCUT2D eigenvalue weighted by Gasteiger charge is 1.88. The van der Waals surface area contributed by atoms with Crippen LogP contribution in [0.5, 0.6) is 0 Å². The van der Waals surface area contributed by atoms with E-state index in [9.17, 15) is 0 Å². The molecule has 13 heavy (non-hydrogen) atoms. The van der Waals surface area contributed by atoms with Crippen LogP contribution in [-0.2, 0) is 11.3 Å². The summed E-state index contributed by atoms with van der Waals surface area (Å²) in [7, 11) is 0. The number of benzene rings is 1. The fraction of sp³-hybridized carbons (Fsp3) is 0.273. The zero-order chi connectivity index (χ0) is 9.36. The lowest BCUT2D eigenvalue weighted by molar-refractivity contribution is 0.153. The Balaban J connectivity index is 2.20. The summed E-state index contributed by atoms with van der Waals surface area (Å²) >= 11 is 0. The minimum Gasteiger partial charge on any atom is -0.364 e. The maximum Gasteiger partial charge on any atom is 0.108 e. The van der Waals surface area contributed by atoms with Crippen LogP contribution in [-0.4, -0.2) is 13.2 Å². The van der Waals surface area contributed by atoms with E-state index in [-0.39, 0.29) is 0 Å². The predicted molar refractivity (Wildman–Crippen MR) is 52.9 cm³/mol. The van der Waals surface area contributed by atoms with Crippen molar-refractivity contribution in [1.82, 2.24) is 0 Å². The molecule has 0 aliphatic heterocycles. The summed E-state index contributed by atoms with van der Waals surface area (Å²) in [5, 5.41) is 0. The monoisotopic (exact) mass is 175 g/mol. The quantitative estimate of drug-likeness (QED) is 0.552. The molecule has 0 saturated carbocycles. The van der Waals surface area contributed by atoms with Gasteiger partial charge in [0.25, 0.3) is 0 Å². The second-order valence-electron chi connectivity index (χ2n) is 2.54. The van der Waals surface area contributed by atoms with Crippen LogP contribution < -0.4 is 5.73 Å². The van der Waals surface area contributed by atoms with Crippen LogP contribution in [0.15, 0.2) is 30.3 Å². The van der Waals surface area contributed by atoms with Crippen molar-refractivity contribution in [3.8, 4) is 11.8 Å². The molecule has 2 nitrogen and oxygen atoms in total. The Labute approximate surface area is 78.7 Å². The van der Waals surface area contributed by atoms with E-state index in [4.69, 9.17) is 10.5 Å². The largest absolute Gasteiger partial charge is 0.364 e. The Hall–Kier alpha value is -1.30. The van der Waals surface area contributed by atoms with Crippen LogP contribution >= 0.6 is 0 Å². The molecule has 1 rings (SSSR count). The van der Waals surface area contributed by atoms with Gasteiger partial charge in [-0.25, -0.2) is 0 Å². The maximum absolute atomic E-state index is 5.29. The zero-order valence-corrected chi connectivity index (χ0v) is 7.49. The summed E-state index contributed by atoms with van der Waals surface area (Å²) in [4.78, 5) is 0. The first-order chi connectivity index (χ1) is 6.43. The minimum absolute atomic E-state index is 0.398. The van der Waals surface area contributed by atoms with E-state index < -0.39 is 0 Å². The average molecular weight is 175 g/mol. The van der Waals surface area contributed by atoms with Crippen LogP contribution in [0.25, 0.3) is 0 Å². The van der Waals surface area contributed by atoms with E-state index in [1.165, 1.54) is 0 Å². The Morgan fingerprint density at radius 2 is 1.92 bits per heavy atom. The summed E-state index contributed by atoms with van der Waals surface area (Å²) in [6.07, 6.45) is 0. The molecule has 1 aromatic carbocycles. The molecule has 0 saturated heterocycles. The van der Waals surface area contributed by atoms with Gasteiger partial charge in [0, 0.05) is 0 Å². The lowest BCUT2D eigenvalue weighted by Crippen LogP contribution is -1.96. The molecule has 2 heteroatoms. The van der Waals surface area contributed by atoms with E-state index in [0.29, 0.717) is 19.8 Å². The zero-order valence-electron chi connectivity index (χ0n) is 7.49. The van der Waals surface area contributed by atoms with Crippen LogP contribution in [0.1, 0.15) is 5.56 Å². The van der Waals surface area contributed by atoms with Gasteiger partial charge in [0.1, 0.15) is 6.61 Å². The molecule has 1 aromatic rings. The molecule has 0 amide bonds. The third-order valence-corrected chi connectivity index (χ3v) is 1.51. The fourth-order valence-electron chi connectivity index (χ4n) is 0.917. The number of hydrogen-bond acceptors (Lipinski definition) is 2. The van der Waals surface area contributed by atoms with Crippen LogP contribution in [0, 0.1) is 11.8 Å². The highest BCUT2D eigenvalue weighted by atomic mass is 16.5. The molecule has 0 spiro atoms. The van der Waals surface area contributed by atoms with Crippen LogP contribution in [0.4, 0.5) is 0 Å². The number of nitrogens with two attached hydrogens (primary N) is 1. The molecule has 0 bridgehead atoms.